The van der Waals surface area contributed by atoms with Gasteiger partial charge >= 0.3 is 0 Å². The predicted octanol–water partition coefficient (Wildman–Crippen LogP) is 2.65. The second-order valence-corrected chi connectivity index (χ2v) is 6.00. The highest BCUT2D eigenvalue weighted by Crippen LogP contribution is 2.33. The van der Waals surface area contributed by atoms with Gasteiger partial charge in [-0.05, 0) is 51.4 Å². The number of hydrogen-bond acceptors (Lipinski definition) is 2. The van der Waals surface area contributed by atoms with Crippen molar-refractivity contribution >= 4 is 29.9 Å². The van der Waals surface area contributed by atoms with E-state index in [0.29, 0.717) is 6.04 Å². The van der Waals surface area contributed by atoms with Crippen molar-refractivity contribution in [2.45, 2.75) is 70.4 Å². The Hall–Kier alpha value is -0.0400. The normalized spacial score (nSPS) is 26.8. The molecule has 3 N–H and O–H groups in total. The number of nitrogens with zero attached hydrogens (tertiary/aromatic N) is 1. The molecule has 0 unspecified atom stereocenters. The third kappa shape index (κ3) is 7.11. The van der Waals surface area contributed by atoms with Crippen molar-refractivity contribution in [1.29, 1.82) is 0 Å². The largest absolute Gasteiger partial charge is 0.393 e. The Balaban J connectivity index is 0.00000200. The van der Waals surface area contributed by atoms with Crippen LogP contribution in [0.4, 0.5) is 0 Å². The predicted molar refractivity (Wildman–Crippen MR) is 94.8 cm³/mol. The van der Waals surface area contributed by atoms with Crippen molar-refractivity contribution in [2.24, 2.45) is 10.9 Å². The van der Waals surface area contributed by atoms with Gasteiger partial charge < -0.3 is 15.7 Å². The number of halogens is 1. The highest BCUT2D eigenvalue weighted by atomic mass is 127. The van der Waals surface area contributed by atoms with Gasteiger partial charge in [0.1, 0.15) is 0 Å². The Morgan fingerprint density at radius 3 is 2.45 bits per heavy atom. The molecule has 118 valence electrons. The fraction of sp³-hybridized carbons (Fsp3) is 0.933. The molecule has 4 nitrogen and oxygen atoms in total. The summed E-state index contributed by atoms with van der Waals surface area (Å²) < 4.78 is 0. The molecule has 2 rings (SSSR count). The molecule has 0 heterocycles. The number of aliphatic imine (C=N–C) groups is 1. The van der Waals surface area contributed by atoms with Gasteiger partial charge in [-0.15, -0.1) is 24.0 Å². The molecule has 0 atom stereocenters. The van der Waals surface area contributed by atoms with Crippen LogP contribution in [0, 0.1) is 5.92 Å². The molecule has 0 spiro atoms. The topological polar surface area (TPSA) is 56.7 Å². The molecule has 0 aromatic carbocycles. The van der Waals surface area contributed by atoms with Crippen molar-refractivity contribution in [1.82, 2.24) is 10.6 Å². The van der Waals surface area contributed by atoms with Gasteiger partial charge in [0.15, 0.2) is 5.96 Å². The van der Waals surface area contributed by atoms with E-state index in [1.54, 1.807) is 0 Å². The lowest BCUT2D eigenvalue weighted by molar-refractivity contribution is 0.120. The minimum absolute atomic E-state index is 0. The van der Waals surface area contributed by atoms with Gasteiger partial charge in [0, 0.05) is 19.1 Å². The van der Waals surface area contributed by atoms with Gasteiger partial charge in [0.05, 0.1) is 6.10 Å². The van der Waals surface area contributed by atoms with Crippen LogP contribution >= 0.6 is 24.0 Å². The number of aliphatic hydroxyl groups excluding tert-OH is 1. The smallest absolute Gasteiger partial charge is 0.191 e. The maximum absolute atomic E-state index is 9.52. The van der Waals surface area contributed by atoms with E-state index in [1.807, 2.05) is 0 Å². The van der Waals surface area contributed by atoms with Crippen LogP contribution in [0.1, 0.15) is 58.3 Å². The van der Waals surface area contributed by atoms with Crippen LogP contribution in [-0.2, 0) is 0 Å². The minimum atomic E-state index is -0.0869. The monoisotopic (exact) mass is 395 g/mol. The Kier molecular flexibility index (Phi) is 8.84. The summed E-state index contributed by atoms with van der Waals surface area (Å²) in [7, 11) is 0. The van der Waals surface area contributed by atoms with Crippen molar-refractivity contribution in [2.75, 3.05) is 13.1 Å². The minimum Gasteiger partial charge on any atom is -0.393 e. The zero-order valence-corrected chi connectivity index (χ0v) is 14.9. The molecule has 0 aliphatic heterocycles. The first-order chi connectivity index (χ1) is 9.28. The van der Waals surface area contributed by atoms with E-state index in [2.05, 4.69) is 22.5 Å². The van der Waals surface area contributed by atoms with E-state index in [0.717, 1.165) is 50.7 Å². The van der Waals surface area contributed by atoms with E-state index in [1.165, 1.54) is 25.7 Å². The number of rotatable bonds is 6. The molecule has 2 aliphatic rings. The molecule has 5 heteroatoms. The summed E-state index contributed by atoms with van der Waals surface area (Å²) in [6, 6.07) is 0.477. The summed E-state index contributed by atoms with van der Waals surface area (Å²) in [5.74, 6) is 1.96. The SMILES string of the molecule is CCNC(=NCCCC1CC1)NC1CCC(O)CC1.I. The van der Waals surface area contributed by atoms with Crippen LogP contribution in [0.2, 0.25) is 0 Å². The summed E-state index contributed by atoms with van der Waals surface area (Å²) in [5, 5.41) is 16.4. The van der Waals surface area contributed by atoms with Crippen LogP contribution < -0.4 is 10.6 Å². The molecule has 0 radical (unpaired) electrons. The van der Waals surface area contributed by atoms with Crippen LogP contribution in [0.5, 0.6) is 0 Å². The number of guanidine groups is 1. The van der Waals surface area contributed by atoms with Crippen LogP contribution in [-0.4, -0.2) is 36.3 Å². The molecule has 0 amide bonds. The first kappa shape index (κ1) is 18.0. The third-order valence-corrected chi connectivity index (χ3v) is 4.12. The first-order valence-corrected chi connectivity index (χ1v) is 8.01. The highest BCUT2D eigenvalue weighted by Gasteiger charge is 2.21. The van der Waals surface area contributed by atoms with Crippen molar-refractivity contribution in [3.63, 3.8) is 0 Å². The lowest BCUT2D eigenvalue weighted by Crippen LogP contribution is -2.45. The average molecular weight is 395 g/mol. The maximum atomic E-state index is 9.52. The first-order valence-electron chi connectivity index (χ1n) is 8.01. The quantitative estimate of drug-likeness (QED) is 0.281. The molecular weight excluding hydrogens is 365 g/mol. The summed E-state index contributed by atoms with van der Waals surface area (Å²) >= 11 is 0. The molecule has 0 bridgehead atoms. The van der Waals surface area contributed by atoms with E-state index in [4.69, 9.17) is 0 Å². The molecular formula is C15H30IN3O. The fourth-order valence-corrected chi connectivity index (χ4v) is 2.71. The van der Waals surface area contributed by atoms with Gasteiger partial charge in [-0.3, -0.25) is 4.99 Å². The average Bonchev–Trinajstić information content (AvgIpc) is 3.21. The Bertz CT molecular complexity index is 287. The maximum Gasteiger partial charge on any atom is 0.191 e. The van der Waals surface area contributed by atoms with Gasteiger partial charge in [-0.25, -0.2) is 0 Å². The molecule has 2 saturated carbocycles. The second kappa shape index (κ2) is 9.82. The van der Waals surface area contributed by atoms with E-state index in [-0.39, 0.29) is 30.1 Å². The summed E-state index contributed by atoms with van der Waals surface area (Å²) in [6.45, 7) is 3.94. The lowest BCUT2D eigenvalue weighted by atomic mass is 9.93. The van der Waals surface area contributed by atoms with Gasteiger partial charge in [0.25, 0.3) is 0 Å². The van der Waals surface area contributed by atoms with Gasteiger partial charge in [-0.2, -0.15) is 0 Å². The Morgan fingerprint density at radius 2 is 1.85 bits per heavy atom. The molecule has 20 heavy (non-hydrogen) atoms. The summed E-state index contributed by atoms with van der Waals surface area (Å²) in [5.41, 5.74) is 0. The van der Waals surface area contributed by atoms with E-state index in [9.17, 15) is 5.11 Å². The molecule has 0 aromatic rings. The Labute approximate surface area is 140 Å². The summed E-state index contributed by atoms with van der Waals surface area (Å²) in [6.07, 6.45) is 9.27. The lowest BCUT2D eigenvalue weighted by Gasteiger charge is -2.27. The number of hydrogen-bond donors (Lipinski definition) is 3. The van der Waals surface area contributed by atoms with Crippen LogP contribution in [0.25, 0.3) is 0 Å². The van der Waals surface area contributed by atoms with Crippen molar-refractivity contribution in [3.05, 3.63) is 0 Å². The standard InChI is InChI=1S/C15H29N3O.HI/c1-2-16-15(17-11-3-4-12-5-6-12)18-13-7-9-14(19)10-8-13;/h12-14,19H,2-11H2,1H3,(H2,16,17,18);1H. The molecule has 2 aliphatic carbocycles. The molecule has 2 fully saturated rings. The van der Waals surface area contributed by atoms with Crippen molar-refractivity contribution in [3.8, 4) is 0 Å². The van der Waals surface area contributed by atoms with Gasteiger partial charge in [-0.1, -0.05) is 12.8 Å². The van der Waals surface area contributed by atoms with Crippen LogP contribution in [0.3, 0.4) is 0 Å². The van der Waals surface area contributed by atoms with Crippen LogP contribution in [0.15, 0.2) is 4.99 Å². The summed E-state index contributed by atoms with van der Waals surface area (Å²) in [4.78, 5) is 4.66. The second-order valence-electron chi connectivity index (χ2n) is 6.00. The van der Waals surface area contributed by atoms with E-state index < -0.39 is 0 Å². The zero-order chi connectivity index (χ0) is 13.5. The zero-order valence-electron chi connectivity index (χ0n) is 12.6. The number of aliphatic hydroxyl groups is 1. The Morgan fingerprint density at radius 1 is 1.15 bits per heavy atom. The fourth-order valence-electron chi connectivity index (χ4n) is 2.71. The van der Waals surface area contributed by atoms with Gasteiger partial charge in [0.2, 0.25) is 0 Å². The van der Waals surface area contributed by atoms with Crippen molar-refractivity contribution < 1.29 is 5.11 Å². The van der Waals surface area contributed by atoms with E-state index >= 15 is 0 Å². The molecule has 0 saturated heterocycles. The highest BCUT2D eigenvalue weighted by molar-refractivity contribution is 14.0. The number of nitrogens with one attached hydrogen (secondary N) is 2. The molecule has 0 aromatic heterocycles. The third-order valence-electron chi connectivity index (χ3n) is 4.12.